The number of rotatable bonds is 2. The molecule has 64 valence electrons. The molecular formula is C9H10ClNO. The van der Waals surface area contributed by atoms with E-state index in [2.05, 4.69) is 0 Å². The molecule has 2 nitrogen and oxygen atoms in total. The van der Waals surface area contributed by atoms with E-state index in [0.717, 1.165) is 5.69 Å². The normalized spacial score (nSPS) is 9.50. The second-order valence-electron chi connectivity index (χ2n) is 2.42. The summed E-state index contributed by atoms with van der Waals surface area (Å²) in [5.41, 5.74) is 0.864. The lowest BCUT2D eigenvalue weighted by Crippen LogP contribution is -2.26. The minimum absolute atomic E-state index is 0.0192. The highest BCUT2D eigenvalue weighted by Gasteiger charge is 2.07. The molecule has 0 aliphatic rings. The predicted molar refractivity (Wildman–Crippen MR) is 50.6 cm³/mol. The summed E-state index contributed by atoms with van der Waals surface area (Å²) in [5, 5.41) is 0. The van der Waals surface area contributed by atoms with Gasteiger partial charge in [-0.1, -0.05) is 18.2 Å². The van der Waals surface area contributed by atoms with Gasteiger partial charge in [0.05, 0.1) is 0 Å². The van der Waals surface area contributed by atoms with Crippen molar-refractivity contribution in [3.05, 3.63) is 30.3 Å². The van der Waals surface area contributed by atoms with Crippen LogP contribution >= 0.6 is 11.6 Å². The first kappa shape index (κ1) is 9.07. The molecule has 1 aromatic carbocycles. The maximum atomic E-state index is 11.1. The molecule has 3 heteroatoms. The largest absolute Gasteiger partial charge is 0.314 e. The van der Waals surface area contributed by atoms with E-state index in [1.807, 2.05) is 30.3 Å². The van der Waals surface area contributed by atoms with Crippen LogP contribution in [0, 0.1) is 0 Å². The molecule has 0 aliphatic heterocycles. The lowest BCUT2D eigenvalue weighted by molar-refractivity contribution is -0.116. The van der Waals surface area contributed by atoms with E-state index >= 15 is 0 Å². The smallest absolute Gasteiger partial charge is 0.241 e. The van der Waals surface area contributed by atoms with Crippen LogP contribution in [0.2, 0.25) is 0 Å². The number of amides is 1. The fraction of sp³-hybridized carbons (Fsp3) is 0.222. The van der Waals surface area contributed by atoms with Crippen LogP contribution in [0.25, 0.3) is 0 Å². The molecule has 0 aromatic heterocycles. The lowest BCUT2D eigenvalue weighted by Gasteiger charge is -2.15. The number of benzene rings is 1. The molecular weight excluding hydrogens is 174 g/mol. The molecule has 0 radical (unpaired) electrons. The van der Waals surface area contributed by atoms with Crippen LogP contribution in [-0.2, 0) is 4.79 Å². The Bertz CT molecular complexity index is 260. The molecule has 0 fully saturated rings. The Labute approximate surface area is 76.8 Å². The van der Waals surface area contributed by atoms with Crippen LogP contribution in [0.1, 0.15) is 0 Å². The van der Waals surface area contributed by atoms with E-state index in [9.17, 15) is 4.79 Å². The van der Waals surface area contributed by atoms with Crippen LogP contribution < -0.4 is 4.90 Å². The molecule has 0 aliphatic carbocycles. The first-order valence-electron chi connectivity index (χ1n) is 3.63. The number of alkyl halides is 1. The second kappa shape index (κ2) is 4.12. The number of halogens is 1. The average Bonchev–Trinajstić information content (AvgIpc) is 2.17. The Morgan fingerprint density at radius 2 is 2.00 bits per heavy atom. The van der Waals surface area contributed by atoms with Gasteiger partial charge in [0.25, 0.3) is 0 Å². The van der Waals surface area contributed by atoms with Gasteiger partial charge in [-0.2, -0.15) is 0 Å². The summed E-state index contributed by atoms with van der Waals surface area (Å²) in [4.78, 5) is 12.6. The Hall–Kier alpha value is -1.02. The average molecular weight is 184 g/mol. The fourth-order valence-corrected chi connectivity index (χ4v) is 1.06. The van der Waals surface area contributed by atoms with Crippen molar-refractivity contribution in [1.82, 2.24) is 0 Å². The zero-order chi connectivity index (χ0) is 8.97. The van der Waals surface area contributed by atoms with Gasteiger partial charge >= 0.3 is 0 Å². The van der Waals surface area contributed by atoms with Crippen molar-refractivity contribution in [2.75, 3.05) is 17.8 Å². The van der Waals surface area contributed by atoms with Crippen molar-refractivity contribution < 1.29 is 4.79 Å². The van der Waals surface area contributed by atoms with E-state index in [0.29, 0.717) is 0 Å². The monoisotopic (exact) mass is 183 g/mol. The van der Waals surface area contributed by atoms with Gasteiger partial charge in [0.1, 0.15) is 5.88 Å². The van der Waals surface area contributed by atoms with Crippen LogP contribution in [0.5, 0.6) is 0 Å². The Kier molecular flexibility index (Phi) is 3.11. The first-order chi connectivity index (χ1) is 5.75. The highest BCUT2D eigenvalue weighted by molar-refractivity contribution is 6.29. The minimum atomic E-state index is -0.0946. The van der Waals surface area contributed by atoms with Crippen LogP contribution in [-0.4, -0.2) is 18.8 Å². The van der Waals surface area contributed by atoms with Gasteiger partial charge in [-0.3, -0.25) is 4.79 Å². The zero-order valence-corrected chi connectivity index (χ0v) is 7.58. The molecule has 0 atom stereocenters. The van der Waals surface area contributed by atoms with Crippen molar-refractivity contribution in [3.63, 3.8) is 0 Å². The van der Waals surface area contributed by atoms with E-state index in [1.54, 1.807) is 7.05 Å². The topological polar surface area (TPSA) is 20.3 Å². The van der Waals surface area contributed by atoms with Crippen molar-refractivity contribution in [1.29, 1.82) is 0 Å². The number of nitrogens with zero attached hydrogens (tertiary/aromatic N) is 1. The standard InChI is InChI=1S/C9H10ClNO/c1-11(9(12)7-10)8-5-3-2-4-6-8/h2-6H,7H2,1H3. The van der Waals surface area contributed by atoms with E-state index in [1.165, 1.54) is 4.90 Å². The number of carbonyl (C=O) groups excluding carboxylic acids is 1. The summed E-state index contributed by atoms with van der Waals surface area (Å²) in [5.74, 6) is -0.0753. The van der Waals surface area contributed by atoms with Gasteiger partial charge in [0.15, 0.2) is 0 Å². The van der Waals surface area contributed by atoms with Gasteiger partial charge in [-0.15, -0.1) is 11.6 Å². The Balaban J connectivity index is 2.78. The van der Waals surface area contributed by atoms with E-state index in [-0.39, 0.29) is 11.8 Å². The molecule has 0 saturated carbocycles. The highest BCUT2D eigenvalue weighted by Crippen LogP contribution is 2.10. The maximum Gasteiger partial charge on any atom is 0.241 e. The maximum absolute atomic E-state index is 11.1. The molecule has 12 heavy (non-hydrogen) atoms. The van der Waals surface area contributed by atoms with Crippen LogP contribution in [0.3, 0.4) is 0 Å². The van der Waals surface area contributed by atoms with E-state index < -0.39 is 0 Å². The SMILES string of the molecule is CN(C(=O)CCl)c1ccccc1. The number of para-hydroxylation sites is 1. The third-order valence-electron chi connectivity index (χ3n) is 1.63. The number of hydrogen-bond donors (Lipinski definition) is 0. The van der Waals surface area contributed by atoms with Gasteiger partial charge in [-0.25, -0.2) is 0 Å². The first-order valence-corrected chi connectivity index (χ1v) is 4.16. The van der Waals surface area contributed by atoms with Crippen molar-refractivity contribution in [3.8, 4) is 0 Å². The summed E-state index contributed by atoms with van der Waals surface area (Å²) in [6.45, 7) is 0. The van der Waals surface area contributed by atoms with Crippen molar-refractivity contribution >= 4 is 23.2 Å². The van der Waals surface area contributed by atoms with Crippen molar-refractivity contribution in [2.24, 2.45) is 0 Å². The van der Waals surface area contributed by atoms with Crippen molar-refractivity contribution in [2.45, 2.75) is 0 Å². The Morgan fingerprint density at radius 3 is 2.50 bits per heavy atom. The molecule has 0 heterocycles. The second-order valence-corrected chi connectivity index (χ2v) is 2.69. The lowest BCUT2D eigenvalue weighted by atomic mass is 10.3. The summed E-state index contributed by atoms with van der Waals surface area (Å²) in [6, 6.07) is 9.40. The molecule has 1 aromatic rings. The van der Waals surface area contributed by atoms with Gasteiger partial charge in [0, 0.05) is 12.7 Å². The quantitative estimate of drug-likeness (QED) is 0.642. The molecule has 0 spiro atoms. The molecule has 0 N–H and O–H groups in total. The number of anilines is 1. The predicted octanol–water partition coefficient (Wildman–Crippen LogP) is 1.89. The van der Waals surface area contributed by atoms with Crippen LogP contribution in [0.4, 0.5) is 5.69 Å². The Morgan fingerprint density at radius 1 is 1.42 bits per heavy atom. The zero-order valence-electron chi connectivity index (χ0n) is 6.83. The summed E-state index contributed by atoms with van der Waals surface area (Å²) >= 11 is 5.41. The van der Waals surface area contributed by atoms with Crippen LogP contribution in [0.15, 0.2) is 30.3 Å². The minimum Gasteiger partial charge on any atom is -0.314 e. The number of hydrogen-bond acceptors (Lipinski definition) is 1. The summed E-state index contributed by atoms with van der Waals surface area (Å²) < 4.78 is 0. The number of carbonyl (C=O) groups is 1. The third kappa shape index (κ3) is 1.98. The molecule has 0 bridgehead atoms. The highest BCUT2D eigenvalue weighted by atomic mass is 35.5. The van der Waals surface area contributed by atoms with Gasteiger partial charge in [-0.05, 0) is 12.1 Å². The molecule has 0 saturated heterocycles. The summed E-state index contributed by atoms with van der Waals surface area (Å²) in [6.07, 6.45) is 0. The van der Waals surface area contributed by atoms with E-state index in [4.69, 9.17) is 11.6 Å². The molecule has 1 rings (SSSR count). The third-order valence-corrected chi connectivity index (χ3v) is 1.86. The summed E-state index contributed by atoms with van der Waals surface area (Å²) in [7, 11) is 1.71. The molecule has 0 unspecified atom stereocenters. The van der Waals surface area contributed by atoms with Gasteiger partial charge in [0.2, 0.25) is 5.91 Å². The van der Waals surface area contributed by atoms with Gasteiger partial charge < -0.3 is 4.90 Å². The molecule has 1 amide bonds. The fourth-order valence-electron chi connectivity index (χ4n) is 0.885.